The Labute approximate surface area is 137 Å². The summed E-state index contributed by atoms with van der Waals surface area (Å²) in [5.74, 6) is -0.108. The minimum Gasteiger partial charge on any atom is -0.481 e. The molecular formula is C17H26N4O2. The minimum atomic E-state index is -0.727. The highest BCUT2D eigenvalue weighted by molar-refractivity contribution is 5.75. The predicted molar refractivity (Wildman–Crippen MR) is 90.2 cm³/mol. The Balaban J connectivity index is 2.02. The lowest BCUT2D eigenvalue weighted by Crippen LogP contribution is -2.47. The van der Waals surface area contributed by atoms with Gasteiger partial charge in [-0.3, -0.25) is 9.69 Å². The number of aliphatic carboxylic acids is 1. The molecule has 0 radical (unpaired) electrons. The third kappa shape index (κ3) is 4.51. The molecule has 0 bridgehead atoms. The lowest BCUT2D eigenvalue weighted by molar-refractivity contribution is -0.152. The quantitative estimate of drug-likeness (QED) is 0.752. The first-order chi connectivity index (χ1) is 10.9. The van der Waals surface area contributed by atoms with Gasteiger partial charge < -0.3 is 10.4 Å². The van der Waals surface area contributed by atoms with E-state index in [1.165, 1.54) is 0 Å². The van der Waals surface area contributed by atoms with Crippen molar-refractivity contribution in [3.05, 3.63) is 30.6 Å². The van der Waals surface area contributed by atoms with Crippen LogP contribution in [0.25, 0.3) is 0 Å². The van der Waals surface area contributed by atoms with Gasteiger partial charge in [-0.2, -0.15) is 0 Å². The molecule has 1 aromatic heterocycles. The van der Waals surface area contributed by atoms with Gasteiger partial charge in [0.2, 0.25) is 5.95 Å². The number of rotatable bonds is 7. The number of piperidine rings is 1. The van der Waals surface area contributed by atoms with Crippen molar-refractivity contribution < 1.29 is 9.90 Å². The minimum absolute atomic E-state index is 0.290. The molecule has 1 aliphatic rings. The van der Waals surface area contributed by atoms with Crippen LogP contribution in [0.15, 0.2) is 25.0 Å². The van der Waals surface area contributed by atoms with Crippen LogP contribution in [0.3, 0.4) is 0 Å². The zero-order chi connectivity index (χ0) is 16.9. The molecule has 0 aromatic carbocycles. The molecule has 0 spiro atoms. The molecule has 1 aromatic rings. The van der Waals surface area contributed by atoms with Gasteiger partial charge in [-0.25, -0.2) is 9.97 Å². The van der Waals surface area contributed by atoms with Crippen LogP contribution in [0.2, 0.25) is 0 Å². The summed E-state index contributed by atoms with van der Waals surface area (Å²) in [7, 11) is 0. The monoisotopic (exact) mass is 318 g/mol. The topological polar surface area (TPSA) is 78.3 Å². The summed E-state index contributed by atoms with van der Waals surface area (Å²) in [5, 5.41) is 12.8. The molecule has 1 unspecified atom stereocenters. The Morgan fingerprint density at radius 3 is 2.78 bits per heavy atom. The standard InChI is InChI=1S/C17H26N4O2/c1-4-6-17(15(22)23)7-5-8-21(12-17)11-14-9-18-16(19-10-14)20-13(2)3/h4,9-10,13H,1,5-8,11-12H2,2-3H3,(H,22,23)(H,18,19,20). The third-order valence-electron chi connectivity index (χ3n) is 4.17. The number of nitrogens with one attached hydrogen (secondary N) is 1. The number of nitrogens with zero attached hydrogens (tertiary/aromatic N) is 3. The first kappa shape index (κ1) is 17.4. The van der Waals surface area contributed by atoms with Crippen LogP contribution in [0, 0.1) is 5.41 Å². The second-order valence-electron chi connectivity index (χ2n) is 6.61. The molecular weight excluding hydrogens is 292 g/mol. The number of hydrogen-bond acceptors (Lipinski definition) is 5. The molecule has 1 fully saturated rings. The first-order valence-corrected chi connectivity index (χ1v) is 8.09. The van der Waals surface area contributed by atoms with Crippen LogP contribution < -0.4 is 5.32 Å². The highest BCUT2D eigenvalue weighted by Gasteiger charge is 2.41. The van der Waals surface area contributed by atoms with E-state index < -0.39 is 11.4 Å². The van der Waals surface area contributed by atoms with Crippen LogP contribution in [0.1, 0.15) is 38.7 Å². The van der Waals surface area contributed by atoms with E-state index in [2.05, 4.69) is 26.8 Å². The van der Waals surface area contributed by atoms with Crippen molar-refractivity contribution in [1.29, 1.82) is 0 Å². The number of likely N-dealkylation sites (tertiary alicyclic amines) is 1. The van der Waals surface area contributed by atoms with Gasteiger partial charge in [-0.1, -0.05) is 6.08 Å². The van der Waals surface area contributed by atoms with Gasteiger partial charge in [0.15, 0.2) is 0 Å². The normalized spacial score (nSPS) is 22.0. The molecule has 2 N–H and O–H groups in total. The highest BCUT2D eigenvalue weighted by Crippen LogP contribution is 2.34. The fraction of sp³-hybridized carbons (Fsp3) is 0.588. The zero-order valence-electron chi connectivity index (χ0n) is 14.0. The average Bonchev–Trinajstić information content (AvgIpc) is 2.49. The van der Waals surface area contributed by atoms with E-state index in [-0.39, 0.29) is 6.04 Å². The van der Waals surface area contributed by atoms with Gasteiger partial charge in [-0.05, 0) is 39.7 Å². The summed E-state index contributed by atoms with van der Waals surface area (Å²) in [5.41, 5.74) is 0.291. The molecule has 126 valence electrons. The van der Waals surface area contributed by atoms with Crippen LogP contribution in [-0.2, 0) is 11.3 Å². The molecule has 6 heteroatoms. The zero-order valence-corrected chi connectivity index (χ0v) is 14.0. The van der Waals surface area contributed by atoms with Gasteiger partial charge in [-0.15, -0.1) is 6.58 Å². The molecule has 0 saturated carbocycles. The lowest BCUT2D eigenvalue weighted by atomic mass is 9.77. The maximum Gasteiger partial charge on any atom is 0.311 e. The van der Waals surface area contributed by atoms with Crippen LogP contribution >= 0.6 is 0 Å². The molecule has 2 rings (SSSR count). The number of anilines is 1. The Morgan fingerprint density at radius 1 is 1.52 bits per heavy atom. The second kappa shape index (κ2) is 7.55. The molecule has 1 aliphatic heterocycles. The van der Waals surface area contributed by atoms with E-state index in [4.69, 9.17) is 0 Å². The highest BCUT2D eigenvalue weighted by atomic mass is 16.4. The Hall–Kier alpha value is -1.95. The number of carboxylic acid groups (broad SMARTS) is 1. The summed E-state index contributed by atoms with van der Waals surface area (Å²) < 4.78 is 0. The van der Waals surface area contributed by atoms with Gasteiger partial charge in [0.25, 0.3) is 0 Å². The molecule has 6 nitrogen and oxygen atoms in total. The van der Waals surface area contributed by atoms with E-state index in [1.54, 1.807) is 6.08 Å². The molecule has 0 amide bonds. The van der Waals surface area contributed by atoms with Gasteiger partial charge in [0.05, 0.1) is 5.41 Å². The summed E-state index contributed by atoms with van der Waals surface area (Å²) in [6, 6.07) is 0.290. The summed E-state index contributed by atoms with van der Waals surface area (Å²) >= 11 is 0. The number of aromatic nitrogens is 2. The maximum atomic E-state index is 11.7. The van der Waals surface area contributed by atoms with Crippen LogP contribution in [-0.4, -0.2) is 45.1 Å². The lowest BCUT2D eigenvalue weighted by Gasteiger charge is -2.39. The summed E-state index contributed by atoms with van der Waals surface area (Å²) in [6.07, 6.45) is 7.43. The van der Waals surface area contributed by atoms with Crippen molar-refractivity contribution in [3.63, 3.8) is 0 Å². The number of carboxylic acids is 1. The SMILES string of the molecule is C=CCC1(C(=O)O)CCCN(Cc2cnc(NC(C)C)nc2)C1. The first-order valence-electron chi connectivity index (χ1n) is 8.09. The maximum absolute atomic E-state index is 11.7. The summed E-state index contributed by atoms with van der Waals surface area (Å²) in [4.78, 5) is 22.5. The fourth-order valence-electron chi connectivity index (χ4n) is 3.09. The Morgan fingerprint density at radius 2 is 2.22 bits per heavy atom. The molecule has 2 heterocycles. The number of allylic oxidation sites excluding steroid dienone is 1. The Kier molecular flexibility index (Phi) is 5.71. The van der Waals surface area contributed by atoms with Crippen LogP contribution in [0.5, 0.6) is 0 Å². The average molecular weight is 318 g/mol. The van der Waals surface area contributed by atoms with Crippen LogP contribution in [0.4, 0.5) is 5.95 Å². The van der Waals surface area contributed by atoms with Crippen molar-refractivity contribution in [1.82, 2.24) is 14.9 Å². The van der Waals surface area contributed by atoms with Crippen molar-refractivity contribution >= 4 is 11.9 Å². The predicted octanol–water partition coefficient (Wildman–Crippen LogP) is 2.54. The fourth-order valence-corrected chi connectivity index (χ4v) is 3.09. The van der Waals surface area contributed by atoms with Gasteiger partial charge >= 0.3 is 5.97 Å². The van der Waals surface area contributed by atoms with E-state index in [0.717, 1.165) is 18.5 Å². The Bertz CT molecular complexity index is 544. The van der Waals surface area contributed by atoms with Gasteiger partial charge in [0.1, 0.15) is 0 Å². The van der Waals surface area contributed by atoms with E-state index in [0.29, 0.717) is 31.9 Å². The molecule has 1 saturated heterocycles. The van der Waals surface area contributed by atoms with Crippen molar-refractivity contribution in [3.8, 4) is 0 Å². The van der Waals surface area contributed by atoms with Crippen molar-refractivity contribution in [2.24, 2.45) is 5.41 Å². The van der Waals surface area contributed by atoms with E-state index >= 15 is 0 Å². The van der Waals surface area contributed by atoms with Gasteiger partial charge in [0, 0.05) is 37.1 Å². The molecule has 1 atom stereocenters. The number of carbonyl (C=O) groups is 1. The van der Waals surface area contributed by atoms with Crippen molar-refractivity contribution in [2.75, 3.05) is 18.4 Å². The molecule has 23 heavy (non-hydrogen) atoms. The smallest absolute Gasteiger partial charge is 0.311 e. The second-order valence-corrected chi connectivity index (χ2v) is 6.61. The molecule has 0 aliphatic carbocycles. The summed E-state index contributed by atoms with van der Waals surface area (Å²) in [6.45, 7) is 9.91. The third-order valence-corrected chi connectivity index (χ3v) is 4.17. The van der Waals surface area contributed by atoms with E-state index in [9.17, 15) is 9.90 Å². The largest absolute Gasteiger partial charge is 0.481 e. The van der Waals surface area contributed by atoms with Crippen molar-refractivity contribution in [2.45, 2.75) is 45.7 Å². The van der Waals surface area contributed by atoms with E-state index in [1.807, 2.05) is 26.2 Å². The number of hydrogen-bond donors (Lipinski definition) is 2.